The van der Waals surface area contributed by atoms with Gasteiger partial charge in [0.05, 0.1) is 0 Å². The number of nitrogens with one attached hydrogen (secondary N) is 1. The lowest BCUT2D eigenvalue weighted by atomic mass is 10.1. The van der Waals surface area contributed by atoms with Crippen LogP contribution < -0.4 is 16.0 Å². The number of anilines is 1. The zero-order valence-corrected chi connectivity index (χ0v) is 13.7. The van der Waals surface area contributed by atoms with Crippen molar-refractivity contribution in [3.8, 4) is 0 Å². The minimum absolute atomic E-state index is 0.117. The molecule has 0 unspecified atom stereocenters. The lowest BCUT2D eigenvalue weighted by Crippen LogP contribution is -2.25. The third-order valence-corrected chi connectivity index (χ3v) is 4.18. The topological polar surface area (TPSA) is 92.5 Å². The summed E-state index contributed by atoms with van der Waals surface area (Å²) in [5, 5.41) is 2.81. The Kier molecular flexibility index (Phi) is 4.79. The van der Waals surface area contributed by atoms with Crippen molar-refractivity contribution in [1.82, 2.24) is 5.32 Å². The maximum Gasteiger partial charge on any atom is 0.251 e. The van der Waals surface area contributed by atoms with Gasteiger partial charge in [0.25, 0.3) is 5.91 Å². The molecule has 1 aliphatic heterocycles. The number of nitrogens with zero attached hydrogens (tertiary/aromatic N) is 1. The number of hydrogen-bond acceptors (Lipinski definition) is 3. The highest BCUT2D eigenvalue weighted by molar-refractivity contribution is 5.97. The first-order valence-corrected chi connectivity index (χ1v) is 8.12. The Labute approximate surface area is 145 Å². The molecule has 1 fully saturated rings. The quantitative estimate of drug-likeness (QED) is 0.872. The Morgan fingerprint density at radius 2 is 1.84 bits per heavy atom. The number of amides is 3. The second kappa shape index (κ2) is 7.17. The van der Waals surface area contributed by atoms with Crippen molar-refractivity contribution in [2.45, 2.75) is 19.4 Å². The fraction of sp³-hybridized carbons (Fsp3) is 0.211. The summed E-state index contributed by atoms with van der Waals surface area (Å²) in [6.07, 6.45) is 1.44. The molecular formula is C19H19N3O3. The van der Waals surface area contributed by atoms with Crippen LogP contribution in [0, 0.1) is 0 Å². The number of primary amides is 1. The Balaban J connectivity index is 1.62. The second-order valence-electron chi connectivity index (χ2n) is 5.94. The maximum atomic E-state index is 12.3. The highest BCUT2D eigenvalue weighted by Gasteiger charge is 2.21. The molecule has 0 bridgehead atoms. The lowest BCUT2D eigenvalue weighted by Gasteiger charge is -2.15. The molecule has 1 saturated heterocycles. The van der Waals surface area contributed by atoms with Crippen LogP contribution in [0.2, 0.25) is 0 Å². The molecule has 3 N–H and O–H groups in total. The van der Waals surface area contributed by atoms with Crippen LogP contribution >= 0.6 is 0 Å². The van der Waals surface area contributed by atoms with Gasteiger partial charge in [-0.25, -0.2) is 0 Å². The van der Waals surface area contributed by atoms with E-state index in [1.807, 2.05) is 6.07 Å². The van der Waals surface area contributed by atoms with Crippen LogP contribution in [0.1, 0.15) is 39.1 Å². The van der Waals surface area contributed by atoms with Gasteiger partial charge in [-0.15, -0.1) is 0 Å². The molecule has 0 aromatic heterocycles. The first kappa shape index (κ1) is 16.7. The molecule has 6 heteroatoms. The number of benzene rings is 2. The van der Waals surface area contributed by atoms with Gasteiger partial charge in [-0.2, -0.15) is 0 Å². The van der Waals surface area contributed by atoms with Crippen LogP contribution in [0.5, 0.6) is 0 Å². The van der Waals surface area contributed by atoms with E-state index in [4.69, 9.17) is 5.73 Å². The summed E-state index contributed by atoms with van der Waals surface area (Å²) in [6, 6.07) is 13.8. The predicted octanol–water partition coefficient (Wildman–Crippen LogP) is 1.84. The van der Waals surface area contributed by atoms with E-state index in [9.17, 15) is 14.4 Å². The molecule has 0 atom stereocenters. The van der Waals surface area contributed by atoms with E-state index in [-0.39, 0.29) is 11.8 Å². The Bertz CT molecular complexity index is 815. The molecule has 0 radical (unpaired) electrons. The van der Waals surface area contributed by atoms with E-state index >= 15 is 0 Å². The summed E-state index contributed by atoms with van der Waals surface area (Å²) in [4.78, 5) is 36.9. The summed E-state index contributed by atoms with van der Waals surface area (Å²) in [5.41, 5.74) is 7.78. The third kappa shape index (κ3) is 3.85. The van der Waals surface area contributed by atoms with E-state index in [2.05, 4.69) is 5.32 Å². The molecule has 3 rings (SSSR count). The van der Waals surface area contributed by atoms with Crippen LogP contribution in [-0.2, 0) is 11.3 Å². The number of carbonyl (C=O) groups excluding carboxylic acids is 3. The standard InChI is InChI=1S/C19H19N3O3/c20-18(24)15-4-1-3-13(11-15)12-21-19(25)14-6-8-16(9-7-14)22-10-2-5-17(22)23/h1,3-4,6-9,11H,2,5,10,12H2,(H2,20,24)(H,21,25). The van der Waals surface area contributed by atoms with Crippen molar-refractivity contribution in [3.63, 3.8) is 0 Å². The average molecular weight is 337 g/mol. The van der Waals surface area contributed by atoms with Crippen LogP contribution in [0.25, 0.3) is 0 Å². The van der Waals surface area contributed by atoms with Gasteiger partial charge in [0.15, 0.2) is 0 Å². The minimum Gasteiger partial charge on any atom is -0.366 e. The van der Waals surface area contributed by atoms with E-state index in [0.717, 1.165) is 24.2 Å². The van der Waals surface area contributed by atoms with Crippen LogP contribution in [-0.4, -0.2) is 24.3 Å². The molecule has 0 spiro atoms. The van der Waals surface area contributed by atoms with E-state index < -0.39 is 5.91 Å². The monoisotopic (exact) mass is 337 g/mol. The van der Waals surface area contributed by atoms with Crippen molar-refractivity contribution in [3.05, 3.63) is 65.2 Å². The molecule has 0 saturated carbocycles. The molecule has 6 nitrogen and oxygen atoms in total. The highest BCUT2D eigenvalue weighted by atomic mass is 16.2. The Morgan fingerprint density at radius 1 is 1.08 bits per heavy atom. The Morgan fingerprint density at radius 3 is 2.48 bits per heavy atom. The number of nitrogens with two attached hydrogens (primary N) is 1. The molecule has 2 aromatic carbocycles. The van der Waals surface area contributed by atoms with Gasteiger partial charge < -0.3 is 16.0 Å². The minimum atomic E-state index is -0.500. The van der Waals surface area contributed by atoms with Gasteiger partial charge in [0, 0.05) is 36.3 Å². The zero-order chi connectivity index (χ0) is 17.8. The molecule has 128 valence electrons. The van der Waals surface area contributed by atoms with Crippen molar-refractivity contribution in [1.29, 1.82) is 0 Å². The van der Waals surface area contributed by atoms with Gasteiger partial charge in [-0.1, -0.05) is 12.1 Å². The smallest absolute Gasteiger partial charge is 0.251 e. The van der Waals surface area contributed by atoms with Crippen LogP contribution in [0.4, 0.5) is 5.69 Å². The summed E-state index contributed by atoms with van der Waals surface area (Å²) in [7, 11) is 0. The molecule has 1 aliphatic rings. The number of hydrogen-bond donors (Lipinski definition) is 2. The summed E-state index contributed by atoms with van der Waals surface area (Å²) in [5.74, 6) is -0.601. The fourth-order valence-corrected chi connectivity index (χ4v) is 2.83. The lowest BCUT2D eigenvalue weighted by molar-refractivity contribution is -0.117. The normalized spacial score (nSPS) is 13.8. The van der Waals surface area contributed by atoms with E-state index in [1.54, 1.807) is 47.4 Å². The molecule has 1 heterocycles. The summed E-state index contributed by atoms with van der Waals surface area (Å²) >= 11 is 0. The number of rotatable bonds is 5. The van der Waals surface area contributed by atoms with Crippen molar-refractivity contribution in [2.75, 3.05) is 11.4 Å². The van der Waals surface area contributed by atoms with Gasteiger partial charge in [-0.3, -0.25) is 14.4 Å². The maximum absolute atomic E-state index is 12.3. The molecule has 3 amide bonds. The summed E-state index contributed by atoms with van der Waals surface area (Å²) < 4.78 is 0. The summed E-state index contributed by atoms with van der Waals surface area (Å²) in [6.45, 7) is 1.02. The zero-order valence-electron chi connectivity index (χ0n) is 13.7. The fourth-order valence-electron chi connectivity index (χ4n) is 2.83. The second-order valence-corrected chi connectivity index (χ2v) is 5.94. The van der Waals surface area contributed by atoms with Crippen molar-refractivity contribution in [2.24, 2.45) is 5.73 Å². The first-order valence-electron chi connectivity index (χ1n) is 8.12. The Hall–Kier alpha value is -3.15. The first-order chi connectivity index (χ1) is 12.0. The highest BCUT2D eigenvalue weighted by Crippen LogP contribution is 2.21. The van der Waals surface area contributed by atoms with Crippen LogP contribution in [0.3, 0.4) is 0 Å². The van der Waals surface area contributed by atoms with Gasteiger partial charge >= 0.3 is 0 Å². The number of carbonyl (C=O) groups is 3. The predicted molar refractivity (Wildman–Crippen MR) is 94.2 cm³/mol. The van der Waals surface area contributed by atoms with E-state index in [0.29, 0.717) is 24.1 Å². The molecular weight excluding hydrogens is 318 g/mol. The molecule has 0 aliphatic carbocycles. The average Bonchev–Trinajstić information content (AvgIpc) is 3.06. The van der Waals surface area contributed by atoms with Gasteiger partial charge in [0.2, 0.25) is 11.8 Å². The molecule has 2 aromatic rings. The van der Waals surface area contributed by atoms with Gasteiger partial charge in [0.1, 0.15) is 0 Å². The molecule has 25 heavy (non-hydrogen) atoms. The van der Waals surface area contributed by atoms with E-state index in [1.165, 1.54) is 0 Å². The van der Waals surface area contributed by atoms with Crippen molar-refractivity contribution >= 4 is 23.4 Å². The van der Waals surface area contributed by atoms with Crippen LogP contribution in [0.15, 0.2) is 48.5 Å². The van der Waals surface area contributed by atoms with Crippen molar-refractivity contribution < 1.29 is 14.4 Å². The SMILES string of the molecule is NC(=O)c1cccc(CNC(=O)c2ccc(N3CCCC3=O)cc2)c1. The van der Waals surface area contributed by atoms with Gasteiger partial charge in [-0.05, 0) is 48.4 Å². The largest absolute Gasteiger partial charge is 0.366 e. The third-order valence-electron chi connectivity index (χ3n) is 4.18.